The Morgan fingerprint density at radius 2 is 1.63 bits per heavy atom. The largest absolute Gasteiger partial charge is 0.341 e. The van der Waals surface area contributed by atoms with E-state index < -0.39 is 0 Å². The molecule has 0 aromatic carbocycles. The van der Waals surface area contributed by atoms with Gasteiger partial charge in [-0.1, -0.05) is 13.8 Å². The van der Waals surface area contributed by atoms with Crippen LogP contribution in [-0.4, -0.2) is 60.4 Å². The summed E-state index contributed by atoms with van der Waals surface area (Å²) in [6.07, 6.45) is 1.97. The van der Waals surface area contributed by atoms with Crippen LogP contribution < -0.4 is 5.32 Å². The summed E-state index contributed by atoms with van der Waals surface area (Å²) in [6, 6.07) is 0.217. The number of rotatable bonds is 5. The predicted molar refractivity (Wildman–Crippen MR) is 75.8 cm³/mol. The number of hydrogen-bond donors (Lipinski definition) is 1. The minimum Gasteiger partial charge on any atom is -0.341 e. The zero-order valence-corrected chi connectivity index (χ0v) is 12.4. The van der Waals surface area contributed by atoms with Gasteiger partial charge in [-0.2, -0.15) is 0 Å². The first kappa shape index (κ1) is 16.0. The first-order chi connectivity index (χ1) is 9.08. The van der Waals surface area contributed by atoms with E-state index in [1.54, 1.807) is 0 Å². The molecule has 0 aromatic heterocycles. The third-order valence-corrected chi connectivity index (χ3v) is 3.54. The maximum atomic E-state index is 12.2. The first-order valence-corrected chi connectivity index (χ1v) is 7.37. The molecule has 0 radical (unpaired) electrons. The van der Waals surface area contributed by atoms with Gasteiger partial charge in [-0.25, -0.2) is 0 Å². The van der Waals surface area contributed by atoms with Gasteiger partial charge in [0.25, 0.3) is 0 Å². The molecule has 1 rings (SSSR count). The Balaban J connectivity index is 2.43. The number of amides is 2. The molecule has 2 amide bonds. The van der Waals surface area contributed by atoms with Gasteiger partial charge in [0, 0.05) is 45.1 Å². The zero-order chi connectivity index (χ0) is 14.3. The van der Waals surface area contributed by atoms with E-state index in [0.29, 0.717) is 25.9 Å². The Bertz CT molecular complexity index is 307. The second-order valence-electron chi connectivity index (χ2n) is 5.13. The molecule has 19 heavy (non-hydrogen) atoms. The van der Waals surface area contributed by atoms with Crippen molar-refractivity contribution >= 4 is 11.8 Å². The van der Waals surface area contributed by atoms with Crippen LogP contribution in [0.2, 0.25) is 0 Å². The molecule has 5 nitrogen and oxygen atoms in total. The van der Waals surface area contributed by atoms with Crippen LogP contribution in [0.25, 0.3) is 0 Å². The van der Waals surface area contributed by atoms with Crippen molar-refractivity contribution in [2.24, 2.45) is 0 Å². The summed E-state index contributed by atoms with van der Waals surface area (Å²) in [5.41, 5.74) is 0. The molecule has 1 N–H and O–H groups in total. The lowest BCUT2D eigenvalue weighted by atomic mass is 10.2. The lowest BCUT2D eigenvalue weighted by molar-refractivity contribution is -0.133. The maximum Gasteiger partial charge on any atom is 0.224 e. The standard InChI is InChI=1S/C14H27N3O2/c1-4-13(18)16-7-6-8-17(10-9-16)14(19)11-12(3)15-5-2/h12,15H,4-11H2,1-3H3. The third kappa shape index (κ3) is 5.19. The average Bonchev–Trinajstić information content (AvgIpc) is 2.63. The SMILES string of the molecule is CCNC(C)CC(=O)N1CCCN(C(=O)CC)CC1. The molecule has 0 aromatic rings. The van der Waals surface area contributed by atoms with E-state index in [2.05, 4.69) is 5.32 Å². The Labute approximate surface area is 116 Å². The fourth-order valence-corrected chi connectivity index (χ4v) is 2.45. The molecule has 1 fully saturated rings. The molecule has 110 valence electrons. The molecule has 0 saturated carbocycles. The highest BCUT2D eigenvalue weighted by molar-refractivity contribution is 5.78. The molecule has 1 atom stereocenters. The maximum absolute atomic E-state index is 12.2. The van der Waals surface area contributed by atoms with Crippen LogP contribution in [0.3, 0.4) is 0 Å². The smallest absolute Gasteiger partial charge is 0.224 e. The van der Waals surface area contributed by atoms with E-state index in [1.165, 1.54) is 0 Å². The molecule has 0 spiro atoms. The molecular formula is C14H27N3O2. The normalized spacial score (nSPS) is 18.1. The topological polar surface area (TPSA) is 52.7 Å². The van der Waals surface area contributed by atoms with Crippen molar-refractivity contribution in [2.45, 2.75) is 46.1 Å². The van der Waals surface area contributed by atoms with E-state index in [-0.39, 0.29) is 17.9 Å². The van der Waals surface area contributed by atoms with E-state index >= 15 is 0 Å². The van der Waals surface area contributed by atoms with Gasteiger partial charge in [-0.15, -0.1) is 0 Å². The predicted octanol–water partition coefficient (Wildman–Crippen LogP) is 0.845. The summed E-state index contributed by atoms with van der Waals surface area (Å²) >= 11 is 0. The Kier molecular flexibility index (Phi) is 6.84. The molecule has 1 unspecified atom stereocenters. The van der Waals surface area contributed by atoms with E-state index in [9.17, 15) is 9.59 Å². The monoisotopic (exact) mass is 269 g/mol. The average molecular weight is 269 g/mol. The van der Waals surface area contributed by atoms with Crippen molar-refractivity contribution in [1.82, 2.24) is 15.1 Å². The van der Waals surface area contributed by atoms with E-state index in [4.69, 9.17) is 0 Å². The van der Waals surface area contributed by atoms with Gasteiger partial charge in [-0.05, 0) is 19.9 Å². The summed E-state index contributed by atoms with van der Waals surface area (Å²) in [4.78, 5) is 27.6. The van der Waals surface area contributed by atoms with Gasteiger partial charge in [0.15, 0.2) is 0 Å². The van der Waals surface area contributed by atoms with Crippen molar-refractivity contribution in [3.05, 3.63) is 0 Å². The lowest BCUT2D eigenvalue weighted by Gasteiger charge is -2.23. The molecule has 1 aliphatic rings. The quantitative estimate of drug-likeness (QED) is 0.805. The minimum atomic E-state index is 0.190. The van der Waals surface area contributed by atoms with Crippen LogP contribution in [0.1, 0.15) is 40.0 Å². The van der Waals surface area contributed by atoms with Crippen molar-refractivity contribution in [3.63, 3.8) is 0 Å². The van der Waals surface area contributed by atoms with Crippen LogP contribution >= 0.6 is 0 Å². The Hall–Kier alpha value is -1.10. The van der Waals surface area contributed by atoms with E-state index in [1.807, 2.05) is 30.6 Å². The second-order valence-corrected chi connectivity index (χ2v) is 5.13. The molecule has 1 heterocycles. The number of hydrogen-bond acceptors (Lipinski definition) is 3. The summed E-state index contributed by atoms with van der Waals surface area (Å²) < 4.78 is 0. The highest BCUT2D eigenvalue weighted by Crippen LogP contribution is 2.07. The van der Waals surface area contributed by atoms with Gasteiger partial charge >= 0.3 is 0 Å². The van der Waals surface area contributed by atoms with E-state index in [0.717, 1.165) is 26.1 Å². The van der Waals surface area contributed by atoms with Crippen molar-refractivity contribution in [3.8, 4) is 0 Å². The molecule has 1 saturated heterocycles. The number of carbonyl (C=O) groups is 2. The fraction of sp³-hybridized carbons (Fsp3) is 0.857. The number of nitrogens with one attached hydrogen (secondary N) is 1. The fourth-order valence-electron chi connectivity index (χ4n) is 2.45. The van der Waals surface area contributed by atoms with Crippen LogP contribution in [0.4, 0.5) is 0 Å². The Morgan fingerprint density at radius 3 is 2.16 bits per heavy atom. The van der Waals surface area contributed by atoms with Gasteiger partial charge in [0.2, 0.25) is 11.8 Å². The molecule has 0 aliphatic carbocycles. The lowest BCUT2D eigenvalue weighted by Crippen LogP contribution is -2.39. The van der Waals surface area contributed by atoms with Crippen LogP contribution in [0, 0.1) is 0 Å². The van der Waals surface area contributed by atoms with Gasteiger partial charge in [-0.3, -0.25) is 9.59 Å². The highest BCUT2D eigenvalue weighted by atomic mass is 16.2. The summed E-state index contributed by atoms with van der Waals surface area (Å²) in [5.74, 6) is 0.384. The second kappa shape index (κ2) is 8.15. The molecule has 0 bridgehead atoms. The zero-order valence-electron chi connectivity index (χ0n) is 12.4. The van der Waals surface area contributed by atoms with Crippen molar-refractivity contribution in [1.29, 1.82) is 0 Å². The highest BCUT2D eigenvalue weighted by Gasteiger charge is 2.21. The van der Waals surface area contributed by atoms with Crippen molar-refractivity contribution in [2.75, 3.05) is 32.7 Å². The summed E-state index contributed by atoms with van der Waals surface area (Å²) in [5, 5.41) is 3.26. The summed E-state index contributed by atoms with van der Waals surface area (Å²) in [7, 11) is 0. The molecule has 1 aliphatic heterocycles. The minimum absolute atomic E-state index is 0.190. The molecular weight excluding hydrogens is 242 g/mol. The first-order valence-electron chi connectivity index (χ1n) is 7.37. The third-order valence-electron chi connectivity index (χ3n) is 3.54. The van der Waals surface area contributed by atoms with Crippen LogP contribution in [0.5, 0.6) is 0 Å². The Morgan fingerprint density at radius 1 is 1.05 bits per heavy atom. The number of nitrogens with zero attached hydrogens (tertiary/aromatic N) is 2. The van der Waals surface area contributed by atoms with Crippen LogP contribution in [-0.2, 0) is 9.59 Å². The van der Waals surface area contributed by atoms with Crippen molar-refractivity contribution < 1.29 is 9.59 Å². The van der Waals surface area contributed by atoms with Gasteiger partial charge < -0.3 is 15.1 Å². The number of carbonyl (C=O) groups excluding carboxylic acids is 2. The van der Waals surface area contributed by atoms with Gasteiger partial charge in [0.05, 0.1) is 0 Å². The summed E-state index contributed by atoms with van der Waals surface area (Å²) in [6.45, 7) is 9.73. The molecule has 5 heteroatoms. The van der Waals surface area contributed by atoms with Crippen LogP contribution in [0.15, 0.2) is 0 Å². The van der Waals surface area contributed by atoms with Gasteiger partial charge in [0.1, 0.15) is 0 Å².